The summed E-state index contributed by atoms with van der Waals surface area (Å²) in [6, 6.07) is 14.4. The zero-order chi connectivity index (χ0) is 18.2. The normalized spacial score (nSPS) is 13.8. The highest BCUT2D eigenvalue weighted by Gasteiger charge is 2.31. The molecule has 25 heavy (non-hydrogen) atoms. The molecular formula is C20H19NO3S. The van der Waals surface area contributed by atoms with E-state index in [4.69, 9.17) is 17.0 Å². The number of hydrogen-bond donors (Lipinski definition) is 0. The van der Waals surface area contributed by atoms with Gasteiger partial charge in [0.05, 0.1) is 17.7 Å². The van der Waals surface area contributed by atoms with E-state index < -0.39 is 5.60 Å². The first-order chi connectivity index (χ1) is 11.8. The molecule has 5 heteroatoms. The van der Waals surface area contributed by atoms with Crippen LogP contribution in [0.1, 0.15) is 52.6 Å². The Labute approximate surface area is 152 Å². The van der Waals surface area contributed by atoms with Gasteiger partial charge in [-0.05, 0) is 44.5 Å². The Balaban J connectivity index is 1.74. The maximum Gasteiger partial charge on any atom is 0.338 e. The molecule has 2 aromatic rings. The van der Waals surface area contributed by atoms with Crippen molar-refractivity contribution in [1.29, 1.82) is 0 Å². The second-order valence-electron chi connectivity index (χ2n) is 6.94. The van der Waals surface area contributed by atoms with Gasteiger partial charge < -0.3 is 4.74 Å². The highest BCUT2D eigenvalue weighted by Crippen LogP contribution is 2.25. The van der Waals surface area contributed by atoms with E-state index in [9.17, 15) is 9.59 Å². The van der Waals surface area contributed by atoms with Gasteiger partial charge in [-0.15, -0.1) is 0 Å². The summed E-state index contributed by atoms with van der Waals surface area (Å²) >= 11 is 5.43. The first kappa shape index (κ1) is 17.3. The fourth-order valence-corrected chi connectivity index (χ4v) is 2.97. The van der Waals surface area contributed by atoms with Crippen LogP contribution in [0.25, 0.3) is 0 Å². The van der Waals surface area contributed by atoms with Gasteiger partial charge in [0.2, 0.25) is 0 Å². The van der Waals surface area contributed by atoms with Crippen molar-refractivity contribution in [3.63, 3.8) is 0 Å². The molecule has 0 saturated carbocycles. The number of amides is 1. The summed E-state index contributed by atoms with van der Waals surface area (Å²) in [6.45, 7) is 5.87. The van der Waals surface area contributed by atoms with Crippen LogP contribution in [0.3, 0.4) is 0 Å². The van der Waals surface area contributed by atoms with Crippen molar-refractivity contribution in [3.05, 3.63) is 70.8 Å². The molecular weight excluding hydrogens is 334 g/mol. The van der Waals surface area contributed by atoms with Gasteiger partial charge >= 0.3 is 5.97 Å². The molecule has 2 aromatic carbocycles. The van der Waals surface area contributed by atoms with Crippen molar-refractivity contribution in [3.8, 4) is 0 Å². The van der Waals surface area contributed by atoms with Crippen molar-refractivity contribution >= 4 is 29.1 Å². The summed E-state index contributed by atoms with van der Waals surface area (Å²) in [7, 11) is 0. The van der Waals surface area contributed by atoms with Crippen LogP contribution in [-0.2, 0) is 11.3 Å². The topological polar surface area (TPSA) is 46.6 Å². The Bertz CT molecular complexity index is 815. The van der Waals surface area contributed by atoms with Gasteiger partial charge in [0.25, 0.3) is 5.91 Å². The van der Waals surface area contributed by atoms with Gasteiger partial charge in [0, 0.05) is 5.56 Å². The van der Waals surface area contributed by atoms with E-state index >= 15 is 0 Å². The quantitative estimate of drug-likeness (QED) is 0.619. The zero-order valence-corrected chi connectivity index (χ0v) is 15.2. The molecule has 0 aromatic heterocycles. The third-order valence-electron chi connectivity index (χ3n) is 3.81. The average Bonchev–Trinajstić information content (AvgIpc) is 2.79. The molecule has 0 unspecified atom stereocenters. The number of nitrogens with zero attached hydrogens (tertiary/aromatic N) is 1. The molecule has 128 valence electrons. The Kier molecular flexibility index (Phi) is 4.43. The second-order valence-corrected chi connectivity index (χ2v) is 7.33. The van der Waals surface area contributed by atoms with Crippen LogP contribution in [0.15, 0.2) is 48.5 Å². The molecule has 1 aliphatic heterocycles. The number of rotatable bonds is 3. The summed E-state index contributed by atoms with van der Waals surface area (Å²) in [6.07, 6.45) is 0. The van der Waals surface area contributed by atoms with E-state index in [1.54, 1.807) is 23.1 Å². The third kappa shape index (κ3) is 3.61. The largest absolute Gasteiger partial charge is 0.456 e. The predicted octanol–water partition coefficient (Wildman–Crippen LogP) is 3.97. The summed E-state index contributed by atoms with van der Waals surface area (Å²) in [5.74, 6) is -0.448. The number of ether oxygens (including phenoxy) is 1. The number of carbonyl (C=O) groups is 2. The minimum absolute atomic E-state index is 0.0863. The van der Waals surface area contributed by atoms with Crippen molar-refractivity contribution in [2.75, 3.05) is 0 Å². The van der Waals surface area contributed by atoms with Crippen LogP contribution in [0.4, 0.5) is 0 Å². The van der Waals surface area contributed by atoms with E-state index in [0.717, 1.165) is 11.1 Å². The lowest BCUT2D eigenvalue weighted by Gasteiger charge is -2.20. The van der Waals surface area contributed by atoms with Gasteiger partial charge in [-0.3, -0.25) is 9.69 Å². The van der Waals surface area contributed by atoms with Crippen molar-refractivity contribution in [2.45, 2.75) is 32.9 Å². The lowest BCUT2D eigenvalue weighted by Crippen LogP contribution is -2.28. The summed E-state index contributed by atoms with van der Waals surface area (Å²) < 4.78 is 5.35. The highest BCUT2D eigenvalue weighted by molar-refractivity contribution is 7.80. The molecule has 1 heterocycles. The molecule has 0 spiro atoms. The van der Waals surface area contributed by atoms with E-state index in [1.807, 2.05) is 51.1 Å². The number of carbonyl (C=O) groups excluding carboxylic acids is 2. The van der Waals surface area contributed by atoms with Crippen molar-refractivity contribution in [1.82, 2.24) is 4.90 Å². The molecule has 1 aliphatic rings. The lowest BCUT2D eigenvalue weighted by molar-refractivity contribution is 0.00693. The predicted molar refractivity (Wildman–Crippen MR) is 99.6 cm³/mol. The van der Waals surface area contributed by atoms with Gasteiger partial charge in [-0.1, -0.05) is 42.5 Å². The fraction of sp³-hybridized carbons (Fsp3) is 0.250. The fourth-order valence-electron chi connectivity index (χ4n) is 2.65. The Hall–Kier alpha value is -2.53. The molecule has 3 rings (SSSR count). The van der Waals surface area contributed by atoms with E-state index in [1.165, 1.54) is 0 Å². The average molecular weight is 353 g/mol. The molecule has 1 amide bonds. The SMILES string of the molecule is CC(C)(C)OC(=O)c1ccc(CN2C(=O)c3ccccc3C2=S)cc1. The summed E-state index contributed by atoms with van der Waals surface area (Å²) in [5, 5.41) is 0. The molecule has 4 nitrogen and oxygen atoms in total. The van der Waals surface area contributed by atoms with Gasteiger partial charge in [0.1, 0.15) is 10.6 Å². The van der Waals surface area contributed by atoms with E-state index in [0.29, 0.717) is 22.7 Å². The monoisotopic (exact) mass is 353 g/mol. The maximum atomic E-state index is 12.5. The molecule has 0 saturated heterocycles. The third-order valence-corrected chi connectivity index (χ3v) is 4.25. The molecule has 0 N–H and O–H groups in total. The van der Waals surface area contributed by atoms with E-state index in [2.05, 4.69) is 0 Å². The van der Waals surface area contributed by atoms with Crippen molar-refractivity contribution < 1.29 is 14.3 Å². The first-order valence-electron chi connectivity index (χ1n) is 8.04. The van der Waals surface area contributed by atoms with Gasteiger partial charge in [0.15, 0.2) is 0 Å². The molecule has 0 atom stereocenters. The molecule has 0 radical (unpaired) electrons. The number of thiocarbonyl (C=S) groups is 1. The van der Waals surface area contributed by atoms with Crippen LogP contribution in [0.5, 0.6) is 0 Å². The highest BCUT2D eigenvalue weighted by atomic mass is 32.1. The number of fused-ring (bicyclic) bond motifs is 1. The van der Waals surface area contributed by atoms with Crippen molar-refractivity contribution in [2.24, 2.45) is 0 Å². The van der Waals surface area contributed by atoms with Crippen LogP contribution in [0, 0.1) is 0 Å². The summed E-state index contributed by atoms with van der Waals surface area (Å²) in [4.78, 5) is 26.7. The smallest absolute Gasteiger partial charge is 0.338 e. The zero-order valence-electron chi connectivity index (χ0n) is 14.4. The Morgan fingerprint density at radius 2 is 1.64 bits per heavy atom. The molecule has 0 bridgehead atoms. The van der Waals surface area contributed by atoms with Crippen LogP contribution >= 0.6 is 12.2 Å². The standard InChI is InChI=1S/C20H19NO3S/c1-20(2,3)24-19(23)14-10-8-13(9-11-14)12-21-17(22)15-6-4-5-7-16(15)18(21)25/h4-11H,12H2,1-3H3. The molecule has 0 aliphatic carbocycles. The first-order valence-corrected chi connectivity index (χ1v) is 8.44. The minimum atomic E-state index is -0.532. The van der Waals surface area contributed by atoms with Crippen LogP contribution in [-0.4, -0.2) is 27.4 Å². The summed E-state index contributed by atoms with van der Waals surface area (Å²) in [5.41, 5.74) is 2.29. The lowest BCUT2D eigenvalue weighted by atomic mass is 10.1. The molecule has 0 fully saturated rings. The van der Waals surface area contributed by atoms with E-state index in [-0.39, 0.29) is 11.9 Å². The second kappa shape index (κ2) is 6.41. The number of benzene rings is 2. The van der Waals surface area contributed by atoms with Gasteiger partial charge in [-0.25, -0.2) is 4.79 Å². The van der Waals surface area contributed by atoms with Crippen LogP contribution < -0.4 is 0 Å². The minimum Gasteiger partial charge on any atom is -0.456 e. The number of esters is 1. The van der Waals surface area contributed by atoms with Gasteiger partial charge in [-0.2, -0.15) is 0 Å². The Morgan fingerprint density at radius 1 is 1.04 bits per heavy atom. The number of hydrogen-bond acceptors (Lipinski definition) is 4. The Morgan fingerprint density at radius 3 is 2.20 bits per heavy atom. The van der Waals surface area contributed by atoms with Crippen LogP contribution in [0.2, 0.25) is 0 Å². The maximum absolute atomic E-state index is 12.5.